The first-order valence-electron chi connectivity index (χ1n) is 6.78. The molecular weight excluding hydrogens is 234 g/mol. The Hall–Kier alpha value is -1.61. The van der Waals surface area contributed by atoms with E-state index in [0.717, 1.165) is 17.7 Å². The van der Waals surface area contributed by atoms with Crippen molar-refractivity contribution in [1.29, 1.82) is 0 Å². The Morgan fingerprint density at radius 3 is 2.37 bits per heavy atom. The molecule has 0 spiro atoms. The van der Waals surface area contributed by atoms with E-state index in [1.807, 2.05) is 10.9 Å². The molecule has 0 radical (unpaired) electrons. The number of nitrogens with two attached hydrogens (primary N) is 1. The van der Waals surface area contributed by atoms with E-state index in [1.165, 1.54) is 5.56 Å². The van der Waals surface area contributed by atoms with Crippen LogP contribution in [0.15, 0.2) is 36.5 Å². The fourth-order valence-electron chi connectivity index (χ4n) is 2.17. The summed E-state index contributed by atoms with van der Waals surface area (Å²) in [7, 11) is 0. The lowest BCUT2D eigenvalue weighted by Gasteiger charge is -2.24. The van der Waals surface area contributed by atoms with E-state index in [2.05, 4.69) is 63.1 Å². The predicted molar refractivity (Wildman–Crippen MR) is 79.0 cm³/mol. The second kappa shape index (κ2) is 5.17. The van der Waals surface area contributed by atoms with Gasteiger partial charge in [0.1, 0.15) is 0 Å². The molecule has 0 fully saturated rings. The number of hydrogen-bond donors (Lipinski definition) is 1. The molecule has 3 heteroatoms. The largest absolute Gasteiger partial charge is 0.321 e. The average molecular weight is 257 g/mol. The van der Waals surface area contributed by atoms with Gasteiger partial charge in [-0.15, -0.1) is 0 Å². The van der Waals surface area contributed by atoms with Crippen LogP contribution in [0.2, 0.25) is 0 Å². The van der Waals surface area contributed by atoms with E-state index < -0.39 is 0 Å². The Balaban J connectivity index is 2.17. The molecule has 1 heterocycles. The lowest BCUT2D eigenvalue weighted by Crippen LogP contribution is -2.35. The van der Waals surface area contributed by atoms with Gasteiger partial charge in [0.05, 0.1) is 5.69 Å². The second-order valence-electron chi connectivity index (χ2n) is 5.84. The third kappa shape index (κ3) is 3.24. The highest BCUT2D eigenvalue weighted by Gasteiger charge is 2.22. The van der Waals surface area contributed by atoms with Crippen LogP contribution in [-0.2, 0) is 12.0 Å². The van der Waals surface area contributed by atoms with Crippen molar-refractivity contribution in [3.8, 4) is 0 Å². The van der Waals surface area contributed by atoms with Gasteiger partial charge in [0.25, 0.3) is 0 Å². The smallest absolute Gasteiger partial charge is 0.0646 e. The number of rotatable bonds is 4. The van der Waals surface area contributed by atoms with E-state index in [4.69, 9.17) is 5.73 Å². The molecule has 0 saturated heterocycles. The third-order valence-corrected chi connectivity index (χ3v) is 3.45. The molecule has 19 heavy (non-hydrogen) atoms. The first-order valence-corrected chi connectivity index (χ1v) is 6.78. The fraction of sp³-hybridized carbons (Fsp3) is 0.438. The van der Waals surface area contributed by atoms with Crippen LogP contribution in [0.1, 0.15) is 43.6 Å². The maximum atomic E-state index is 6.46. The van der Waals surface area contributed by atoms with E-state index >= 15 is 0 Å². The van der Waals surface area contributed by atoms with Crippen molar-refractivity contribution in [3.63, 3.8) is 0 Å². The molecule has 2 N–H and O–H groups in total. The van der Waals surface area contributed by atoms with Crippen LogP contribution in [-0.4, -0.2) is 9.78 Å². The van der Waals surface area contributed by atoms with Gasteiger partial charge in [-0.3, -0.25) is 4.68 Å². The normalized spacial score (nSPS) is 14.6. The quantitative estimate of drug-likeness (QED) is 0.914. The van der Waals surface area contributed by atoms with Crippen LogP contribution in [0.4, 0.5) is 0 Å². The molecule has 1 aromatic carbocycles. The summed E-state index contributed by atoms with van der Waals surface area (Å²) in [6.45, 7) is 8.39. The van der Waals surface area contributed by atoms with Crippen molar-refractivity contribution in [2.75, 3.05) is 0 Å². The summed E-state index contributed by atoms with van der Waals surface area (Å²) in [6, 6.07) is 10.9. The summed E-state index contributed by atoms with van der Waals surface area (Å²) in [5.41, 5.74) is 9.52. The van der Waals surface area contributed by atoms with Gasteiger partial charge >= 0.3 is 0 Å². The van der Waals surface area contributed by atoms with E-state index in [-0.39, 0.29) is 5.54 Å². The van der Waals surface area contributed by atoms with Crippen LogP contribution in [0.5, 0.6) is 0 Å². The molecule has 0 amide bonds. The number of benzene rings is 1. The van der Waals surface area contributed by atoms with Gasteiger partial charge in [-0.05, 0) is 39.3 Å². The maximum absolute atomic E-state index is 6.46. The van der Waals surface area contributed by atoms with Gasteiger partial charge in [0.2, 0.25) is 0 Å². The van der Waals surface area contributed by atoms with Crippen LogP contribution in [0, 0.1) is 6.92 Å². The highest BCUT2D eigenvalue weighted by molar-refractivity contribution is 5.28. The topological polar surface area (TPSA) is 43.8 Å². The summed E-state index contributed by atoms with van der Waals surface area (Å²) in [5.74, 6) is 0. The minimum absolute atomic E-state index is 0.385. The molecule has 102 valence electrons. The summed E-state index contributed by atoms with van der Waals surface area (Å²) >= 11 is 0. The van der Waals surface area contributed by atoms with Gasteiger partial charge < -0.3 is 5.73 Å². The summed E-state index contributed by atoms with van der Waals surface area (Å²) < 4.78 is 1.97. The van der Waals surface area contributed by atoms with Gasteiger partial charge in [-0.1, -0.05) is 29.8 Å². The van der Waals surface area contributed by atoms with Crippen molar-refractivity contribution >= 4 is 0 Å². The maximum Gasteiger partial charge on any atom is 0.0646 e. The van der Waals surface area contributed by atoms with Crippen molar-refractivity contribution in [2.24, 2.45) is 5.73 Å². The van der Waals surface area contributed by atoms with Crippen LogP contribution in [0.25, 0.3) is 0 Å². The molecule has 0 saturated carbocycles. The minimum atomic E-state index is -0.385. The average Bonchev–Trinajstić information content (AvgIpc) is 2.77. The zero-order chi connectivity index (χ0) is 14.0. The van der Waals surface area contributed by atoms with Crippen molar-refractivity contribution in [2.45, 2.75) is 45.7 Å². The van der Waals surface area contributed by atoms with Crippen LogP contribution < -0.4 is 5.73 Å². The monoisotopic (exact) mass is 257 g/mol. The van der Waals surface area contributed by atoms with Crippen molar-refractivity contribution < 1.29 is 0 Å². The Morgan fingerprint density at radius 2 is 1.84 bits per heavy atom. The van der Waals surface area contributed by atoms with Crippen LogP contribution >= 0.6 is 0 Å². The zero-order valence-corrected chi connectivity index (χ0v) is 12.2. The Kier molecular flexibility index (Phi) is 3.76. The fourth-order valence-corrected chi connectivity index (χ4v) is 2.17. The number of aromatic nitrogens is 2. The highest BCUT2D eigenvalue weighted by atomic mass is 15.3. The standard InChI is InChI=1S/C16H23N3/c1-12(2)19-10-9-15(18-19)11-16(4,17)14-7-5-13(3)6-8-14/h5-10,12H,11,17H2,1-4H3. The van der Waals surface area contributed by atoms with Gasteiger partial charge in [-0.25, -0.2) is 0 Å². The van der Waals surface area contributed by atoms with Gasteiger partial charge in [0.15, 0.2) is 0 Å². The molecule has 0 aliphatic heterocycles. The third-order valence-electron chi connectivity index (χ3n) is 3.45. The highest BCUT2D eigenvalue weighted by Crippen LogP contribution is 2.22. The molecule has 0 aliphatic carbocycles. The number of hydrogen-bond acceptors (Lipinski definition) is 2. The molecule has 2 rings (SSSR count). The van der Waals surface area contributed by atoms with Crippen molar-refractivity contribution in [3.05, 3.63) is 53.3 Å². The van der Waals surface area contributed by atoms with Crippen molar-refractivity contribution in [1.82, 2.24) is 9.78 Å². The molecule has 3 nitrogen and oxygen atoms in total. The SMILES string of the molecule is Cc1ccc(C(C)(N)Cc2ccn(C(C)C)n2)cc1. The van der Waals surface area contributed by atoms with Gasteiger partial charge in [-0.2, -0.15) is 5.10 Å². The Bertz CT molecular complexity index is 535. The molecule has 1 unspecified atom stereocenters. The first-order chi connectivity index (χ1) is 8.88. The molecule has 0 bridgehead atoms. The molecular formula is C16H23N3. The predicted octanol–water partition coefficient (Wildman–Crippen LogP) is 3.19. The minimum Gasteiger partial charge on any atom is -0.321 e. The summed E-state index contributed by atoms with van der Waals surface area (Å²) in [6.07, 6.45) is 2.76. The van der Waals surface area contributed by atoms with E-state index in [9.17, 15) is 0 Å². The summed E-state index contributed by atoms with van der Waals surface area (Å²) in [4.78, 5) is 0. The lowest BCUT2D eigenvalue weighted by molar-refractivity contribution is 0.469. The van der Waals surface area contributed by atoms with Gasteiger partial charge in [0, 0.05) is 24.2 Å². The Morgan fingerprint density at radius 1 is 1.21 bits per heavy atom. The first kappa shape index (κ1) is 13.8. The molecule has 0 aliphatic rings. The summed E-state index contributed by atoms with van der Waals surface area (Å²) in [5, 5.41) is 4.57. The molecule has 1 aromatic heterocycles. The van der Waals surface area contributed by atoms with Crippen LogP contribution in [0.3, 0.4) is 0 Å². The lowest BCUT2D eigenvalue weighted by atomic mass is 9.88. The number of nitrogens with zero attached hydrogens (tertiary/aromatic N) is 2. The molecule has 2 aromatic rings. The van der Waals surface area contributed by atoms with E-state index in [0.29, 0.717) is 6.04 Å². The number of aryl methyl sites for hydroxylation is 1. The Labute approximate surface area is 115 Å². The van der Waals surface area contributed by atoms with E-state index in [1.54, 1.807) is 0 Å². The second-order valence-corrected chi connectivity index (χ2v) is 5.84. The molecule has 1 atom stereocenters. The zero-order valence-electron chi connectivity index (χ0n) is 12.2.